The van der Waals surface area contributed by atoms with Crippen molar-refractivity contribution in [3.8, 4) is 0 Å². The molecule has 0 aromatic heterocycles. The predicted molar refractivity (Wildman–Crippen MR) is 42.1 cm³/mol. The molecule has 3 saturated carbocycles. The van der Waals surface area contributed by atoms with Crippen LogP contribution >= 0.6 is 0 Å². The number of fused-ring (bicyclic) bond motifs is 1. The number of hydrogen-bond acceptors (Lipinski definition) is 1. The molecular weight excluding hydrogens is 136 g/mol. The van der Waals surface area contributed by atoms with E-state index in [1.165, 1.54) is 44.8 Å². The van der Waals surface area contributed by atoms with Crippen LogP contribution in [-0.4, -0.2) is 6.29 Å². The third kappa shape index (κ3) is 0.533. The van der Waals surface area contributed by atoms with Crippen LogP contribution in [0.5, 0.6) is 0 Å². The van der Waals surface area contributed by atoms with Crippen molar-refractivity contribution < 1.29 is 4.79 Å². The summed E-state index contributed by atoms with van der Waals surface area (Å²) in [6.07, 6.45) is 9.26. The first kappa shape index (κ1) is 6.22. The summed E-state index contributed by atoms with van der Waals surface area (Å²) in [5.41, 5.74) is 0.742. The Kier molecular flexibility index (Phi) is 0.875. The van der Waals surface area contributed by atoms with Gasteiger partial charge < -0.3 is 4.79 Å². The van der Waals surface area contributed by atoms with Crippen molar-refractivity contribution in [3.05, 3.63) is 0 Å². The van der Waals surface area contributed by atoms with Gasteiger partial charge in [0.15, 0.2) is 0 Å². The topological polar surface area (TPSA) is 17.1 Å². The molecule has 3 atom stereocenters. The molecular formula is C10H14O. The van der Waals surface area contributed by atoms with Gasteiger partial charge in [0.05, 0.1) is 0 Å². The molecule has 0 aromatic carbocycles. The lowest BCUT2D eigenvalue weighted by atomic mass is 9.83. The summed E-state index contributed by atoms with van der Waals surface area (Å²) in [5, 5.41) is 0. The van der Waals surface area contributed by atoms with E-state index in [-0.39, 0.29) is 5.41 Å². The summed E-state index contributed by atoms with van der Waals surface area (Å²) in [7, 11) is 0. The van der Waals surface area contributed by atoms with Gasteiger partial charge in [0.2, 0.25) is 0 Å². The Hall–Kier alpha value is -0.330. The molecule has 0 saturated heterocycles. The number of carbonyl (C=O) groups is 1. The molecule has 1 heteroatoms. The van der Waals surface area contributed by atoms with Gasteiger partial charge in [-0.25, -0.2) is 0 Å². The van der Waals surface area contributed by atoms with E-state index in [9.17, 15) is 4.79 Å². The van der Waals surface area contributed by atoms with Gasteiger partial charge in [-0.3, -0.25) is 0 Å². The van der Waals surface area contributed by atoms with Crippen LogP contribution in [-0.2, 0) is 4.79 Å². The smallest absolute Gasteiger partial charge is 0.126 e. The maximum atomic E-state index is 10.9. The summed E-state index contributed by atoms with van der Waals surface area (Å²) in [5.74, 6) is 0.919. The molecule has 3 aliphatic carbocycles. The zero-order valence-corrected chi connectivity index (χ0v) is 6.81. The second kappa shape index (κ2) is 1.55. The number of rotatable bonds is 1. The first-order chi connectivity index (χ1) is 5.30. The highest BCUT2D eigenvalue weighted by Crippen LogP contribution is 2.78. The molecule has 2 bridgehead atoms. The van der Waals surface area contributed by atoms with Crippen molar-refractivity contribution in [3.63, 3.8) is 0 Å². The Morgan fingerprint density at radius 2 is 2.27 bits per heavy atom. The third-order valence-electron chi connectivity index (χ3n) is 4.41. The minimum atomic E-state index is 0.203. The lowest BCUT2D eigenvalue weighted by Crippen LogP contribution is -2.10. The minimum Gasteiger partial charge on any atom is -0.303 e. The minimum absolute atomic E-state index is 0.203. The summed E-state index contributed by atoms with van der Waals surface area (Å²) >= 11 is 0. The molecule has 0 heterocycles. The van der Waals surface area contributed by atoms with Gasteiger partial charge in [-0.05, 0) is 37.0 Å². The van der Waals surface area contributed by atoms with Gasteiger partial charge in [0, 0.05) is 5.41 Å². The fourth-order valence-electron chi connectivity index (χ4n) is 3.85. The maximum absolute atomic E-state index is 10.9. The largest absolute Gasteiger partial charge is 0.303 e. The molecule has 3 aliphatic rings. The molecule has 1 spiro atoms. The number of carbonyl (C=O) groups excluding carboxylic acids is 1. The first-order valence-electron chi connectivity index (χ1n) is 4.77. The molecule has 0 radical (unpaired) electrons. The quantitative estimate of drug-likeness (QED) is 0.523. The van der Waals surface area contributed by atoms with E-state index >= 15 is 0 Å². The van der Waals surface area contributed by atoms with E-state index in [1.807, 2.05) is 0 Å². The van der Waals surface area contributed by atoms with Crippen LogP contribution in [0.2, 0.25) is 0 Å². The van der Waals surface area contributed by atoms with Crippen LogP contribution in [0.3, 0.4) is 0 Å². The Morgan fingerprint density at radius 3 is 3.00 bits per heavy atom. The highest BCUT2D eigenvalue weighted by molar-refractivity contribution is 5.68. The monoisotopic (exact) mass is 150 g/mol. The summed E-state index contributed by atoms with van der Waals surface area (Å²) in [6, 6.07) is 0. The van der Waals surface area contributed by atoms with Crippen LogP contribution < -0.4 is 0 Å². The van der Waals surface area contributed by atoms with Gasteiger partial charge in [-0.15, -0.1) is 0 Å². The molecule has 3 fully saturated rings. The van der Waals surface area contributed by atoms with E-state index in [2.05, 4.69) is 0 Å². The fourth-order valence-corrected chi connectivity index (χ4v) is 3.85. The maximum Gasteiger partial charge on any atom is 0.126 e. The molecule has 0 aromatic rings. The van der Waals surface area contributed by atoms with Gasteiger partial charge >= 0.3 is 0 Å². The Labute approximate surface area is 67.2 Å². The van der Waals surface area contributed by atoms with E-state index in [0.717, 1.165) is 5.92 Å². The van der Waals surface area contributed by atoms with Crippen LogP contribution in [0.4, 0.5) is 0 Å². The van der Waals surface area contributed by atoms with Crippen LogP contribution in [0, 0.1) is 16.7 Å². The van der Waals surface area contributed by atoms with Crippen molar-refractivity contribution in [2.75, 3.05) is 0 Å². The van der Waals surface area contributed by atoms with Gasteiger partial charge in [0.1, 0.15) is 6.29 Å². The van der Waals surface area contributed by atoms with Gasteiger partial charge in [-0.1, -0.05) is 12.8 Å². The lowest BCUT2D eigenvalue weighted by Gasteiger charge is -2.22. The van der Waals surface area contributed by atoms with E-state index in [1.54, 1.807) is 0 Å². The number of aldehydes is 1. The van der Waals surface area contributed by atoms with Crippen molar-refractivity contribution >= 4 is 6.29 Å². The van der Waals surface area contributed by atoms with Crippen molar-refractivity contribution in [2.24, 2.45) is 16.7 Å². The molecule has 3 rings (SSSR count). The zero-order chi connectivity index (χ0) is 7.53. The van der Waals surface area contributed by atoms with Crippen molar-refractivity contribution in [1.82, 2.24) is 0 Å². The SMILES string of the molecule is O=CC12CC3CCCC1(C3)C2. The van der Waals surface area contributed by atoms with E-state index in [4.69, 9.17) is 0 Å². The van der Waals surface area contributed by atoms with Gasteiger partial charge in [-0.2, -0.15) is 0 Å². The van der Waals surface area contributed by atoms with Crippen molar-refractivity contribution in [1.29, 1.82) is 0 Å². The second-order valence-corrected chi connectivity index (χ2v) is 4.90. The highest BCUT2D eigenvalue weighted by Gasteiger charge is 2.72. The van der Waals surface area contributed by atoms with E-state index in [0.29, 0.717) is 5.41 Å². The Morgan fingerprint density at radius 1 is 1.36 bits per heavy atom. The van der Waals surface area contributed by atoms with Crippen molar-refractivity contribution in [2.45, 2.75) is 38.5 Å². The zero-order valence-electron chi connectivity index (χ0n) is 6.81. The highest BCUT2D eigenvalue weighted by atomic mass is 16.1. The average Bonchev–Trinajstić information content (AvgIpc) is 2.52. The molecule has 1 nitrogen and oxygen atoms in total. The first-order valence-corrected chi connectivity index (χ1v) is 4.77. The molecule has 3 unspecified atom stereocenters. The fraction of sp³-hybridized carbons (Fsp3) is 0.900. The average molecular weight is 150 g/mol. The Balaban J connectivity index is 1.99. The van der Waals surface area contributed by atoms with Crippen LogP contribution in [0.15, 0.2) is 0 Å². The molecule has 0 amide bonds. The summed E-state index contributed by atoms with van der Waals surface area (Å²) in [4.78, 5) is 10.9. The van der Waals surface area contributed by atoms with Crippen LogP contribution in [0.1, 0.15) is 38.5 Å². The normalized spacial score (nSPS) is 58.7. The lowest BCUT2D eigenvalue weighted by molar-refractivity contribution is -0.113. The molecule has 11 heavy (non-hydrogen) atoms. The molecule has 0 aliphatic heterocycles. The summed E-state index contributed by atoms with van der Waals surface area (Å²) in [6.45, 7) is 0. The standard InChI is InChI=1S/C10H14O/c11-7-10-5-8-2-1-3-9(10,4-8)6-10/h7-8H,1-6H2. The number of hydrogen-bond donors (Lipinski definition) is 0. The third-order valence-corrected chi connectivity index (χ3v) is 4.41. The van der Waals surface area contributed by atoms with Gasteiger partial charge in [0.25, 0.3) is 0 Å². The molecule has 60 valence electrons. The summed E-state index contributed by atoms with van der Waals surface area (Å²) < 4.78 is 0. The molecule has 0 N–H and O–H groups in total. The van der Waals surface area contributed by atoms with E-state index < -0.39 is 0 Å². The second-order valence-electron chi connectivity index (χ2n) is 4.90. The Bertz CT molecular complexity index is 223. The van der Waals surface area contributed by atoms with Crippen LogP contribution in [0.25, 0.3) is 0 Å². The predicted octanol–water partition coefficient (Wildman–Crippen LogP) is 2.16.